The third-order valence-electron chi connectivity index (χ3n) is 2.59. The third-order valence-corrected chi connectivity index (χ3v) is 2.59. The van der Waals surface area contributed by atoms with E-state index in [0.717, 1.165) is 0 Å². The quantitative estimate of drug-likeness (QED) is 0.605. The van der Waals surface area contributed by atoms with E-state index in [4.69, 9.17) is 10.5 Å². The molecule has 0 aliphatic rings. The first kappa shape index (κ1) is 19.9. The Morgan fingerprint density at radius 1 is 1.18 bits per heavy atom. The molecular formula is C14H20ClN3O4. The van der Waals surface area contributed by atoms with Crippen LogP contribution in [0, 0.1) is 0 Å². The van der Waals surface area contributed by atoms with Gasteiger partial charge in [0.2, 0.25) is 11.8 Å². The number of carbonyl (C=O) groups excluding carboxylic acids is 3. The lowest BCUT2D eigenvalue weighted by molar-refractivity contribution is -0.147. The van der Waals surface area contributed by atoms with Gasteiger partial charge in [-0.3, -0.25) is 9.59 Å². The number of amides is 2. The Labute approximate surface area is 135 Å². The zero-order valence-corrected chi connectivity index (χ0v) is 13.0. The summed E-state index contributed by atoms with van der Waals surface area (Å²) < 4.78 is 4.95. The molecule has 0 saturated carbocycles. The Bertz CT molecular complexity index is 496. The first-order chi connectivity index (χ1) is 10.1. The van der Waals surface area contributed by atoms with E-state index < -0.39 is 23.8 Å². The second-order valence-corrected chi connectivity index (χ2v) is 4.14. The van der Waals surface area contributed by atoms with Crippen molar-refractivity contribution in [2.45, 2.75) is 13.0 Å². The largest absolute Gasteiger partial charge is 0.464 e. The Morgan fingerprint density at radius 3 is 2.36 bits per heavy atom. The number of nitrogens with two attached hydrogens (primary N) is 1. The number of carbonyl (C=O) groups is 3. The van der Waals surface area contributed by atoms with Crippen molar-refractivity contribution in [1.82, 2.24) is 10.6 Å². The summed E-state index contributed by atoms with van der Waals surface area (Å²) in [7, 11) is 0. The highest BCUT2D eigenvalue weighted by Gasteiger charge is 2.23. The van der Waals surface area contributed by atoms with E-state index in [2.05, 4.69) is 10.6 Å². The van der Waals surface area contributed by atoms with Gasteiger partial charge in [0.25, 0.3) is 0 Å². The summed E-state index contributed by atoms with van der Waals surface area (Å²) in [4.78, 5) is 34.7. The Morgan fingerprint density at radius 2 is 1.82 bits per heavy atom. The van der Waals surface area contributed by atoms with Crippen molar-refractivity contribution < 1.29 is 19.1 Å². The van der Waals surface area contributed by atoms with Crippen molar-refractivity contribution in [3.05, 3.63) is 35.9 Å². The normalized spacial score (nSPS) is 10.8. The van der Waals surface area contributed by atoms with Gasteiger partial charge < -0.3 is 21.1 Å². The zero-order chi connectivity index (χ0) is 15.7. The van der Waals surface area contributed by atoms with Crippen LogP contribution in [0.4, 0.5) is 0 Å². The third kappa shape index (κ3) is 6.55. The molecule has 22 heavy (non-hydrogen) atoms. The van der Waals surface area contributed by atoms with Gasteiger partial charge in [-0.15, -0.1) is 12.4 Å². The van der Waals surface area contributed by atoms with Crippen molar-refractivity contribution >= 4 is 30.2 Å². The van der Waals surface area contributed by atoms with E-state index in [-0.39, 0.29) is 32.1 Å². The minimum Gasteiger partial charge on any atom is -0.464 e. The minimum absolute atomic E-state index is 0. The molecule has 0 unspecified atom stereocenters. The van der Waals surface area contributed by atoms with Gasteiger partial charge >= 0.3 is 5.97 Å². The van der Waals surface area contributed by atoms with Crippen molar-refractivity contribution in [1.29, 1.82) is 0 Å². The van der Waals surface area contributed by atoms with E-state index in [1.165, 1.54) is 0 Å². The van der Waals surface area contributed by atoms with Crippen LogP contribution in [0.5, 0.6) is 0 Å². The second-order valence-electron chi connectivity index (χ2n) is 4.14. The lowest BCUT2D eigenvalue weighted by atomic mass is 10.1. The number of benzene rings is 1. The van der Waals surface area contributed by atoms with Gasteiger partial charge in [-0.05, 0) is 12.5 Å². The average Bonchev–Trinajstić information content (AvgIpc) is 2.51. The Hall–Kier alpha value is -2.12. The van der Waals surface area contributed by atoms with Gasteiger partial charge in [0.05, 0.1) is 19.7 Å². The molecule has 0 saturated heterocycles. The molecule has 1 aromatic rings. The van der Waals surface area contributed by atoms with Crippen molar-refractivity contribution in [2.24, 2.45) is 5.73 Å². The maximum Gasteiger partial charge on any atom is 0.333 e. The van der Waals surface area contributed by atoms with Gasteiger partial charge in [0.15, 0.2) is 6.04 Å². The topological polar surface area (TPSA) is 111 Å². The van der Waals surface area contributed by atoms with Gasteiger partial charge in [-0.1, -0.05) is 30.3 Å². The standard InChI is InChI=1S/C14H19N3O4.ClH/c1-2-21-14(20)13(10-6-4-3-5-7-10)17-12(19)9-16-11(18)8-15;/h3-7,13H,2,8-9,15H2,1H3,(H,16,18)(H,17,19);1H/t13-;/m1./s1. The van der Waals surface area contributed by atoms with Crippen LogP contribution in [0.1, 0.15) is 18.5 Å². The molecule has 0 radical (unpaired) electrons. The summed E-state index contributed by atoms with van der Waals surface area (Å²) in [5.74, 6) is -1.50. The van der Waals surface area contributed by atoms with Crippen LogP contribution in [0.15, 0.2) is 30.3 Å². The molecule has 0 heterocycles. The highest BCUT2D eigenvalue weighted by atomic mass is 35.5. The predicted octanol–water partition coefficient (Wildman–Crippen LogP) is -0.0963. The van der Waals surface area contributed by atoms with Crippen LogP contribution >= 0.6 is 12.4 Å². The molecule has 122 valence electrons. The molecule has 0 aliphatic carbocycles. The van der Waals surface area contributed by atoms with Crippen LogP contribution in [0.25, 0.3) is 0 Å². The summed E-state index contributed by atoms with van der Waals surface area (Å²) in [6.07, 6.45) is 0. The molecule has 0 aliphatic heterocycles. The Balaban J connectivity index is 0.00000441. The highest BCUT2D eigenvalue weighted by Crippen LogP contribution is 2.14. The molecule has 1 atom stereocenters. The molecule has 0 bridgehead atoms. The molecule has 1 rings (SSSR count). The summed E-state index contributed by atoms with van der Waals surface area (Å²) >= 11 is 0. The summed E-state index contributed by atoms with van der Waals surface area (Å²) in [6.45, 7) is 1.44. The van der Waals surface area contributed by atoms with Crippen LogP contribution in [0.2, 0.25) is 0 Å². The molecule has 4 N–H and O–H groups in total. The van der Waals surface area contributed by atoms with Crippen LogP contribution in [0.3, 0.4) is 0 Å². The van der Waals surface area contributed by atoms with Gasteiger partial charge in [0, 0.05) is 0 Å². The maximum atomic E-state index is 11.9. The highest BCUT2D eigenvalue weighted by molar-refractivity contribution is 5.89. The molecule has 0 fully saturated rings. The van der Waals surface area contributed by atoms with Crippen molar-refractivity contribution in [3.8, 4) is 0 Å². The van der Waals surface area contributed by atoms with E-state index in [1.807, 2.05) is 0 Å². The fraction of sp³-hybridized carbons (Fsp3) is 0.357. The fourth-order valence-electron chi connectivity index (χ4n) is 1.61. The smallest absolute Gasteiger partial charge is 0.333 e. The number of halogens is 1. The summed E-state index contributed by atoms with van der Waals surface area (Å²) in [5, 5.41) is 4.86. The van der Waals surface area contributed by atoms with E-state index in [9.17, 15) is 14.4 Å². The van der Waals surface area contributed by atoms with E-state index in [1.54, 1.807) is 37.3 Å². The fourth-order valence-corrected chi connectivity index (χ4v) is 1.61. The van der Waals surface area contributed by atoms with Crippen LogP contribution in [-0.2, 0) is 19.1 Å². The van der Waals surface area contributed by atoms with Gasteiger partial charge in [-0.2, -0.15) is 0 Å². The van der Waals surface area contributed by atoms with Crippen LogP contribution < -0.4 is 16.4 Å². The zero-order valence-electron chi connectivity index (χ0n) is 12.2. The van der Waals surface area contributed by atoms with Crippen molar-refractivity contribution in [2.75, 3.05) is 19.7 Å². The minimum atomic E-state index is -0.909. The first-order valence-corrected chi connectivity index (χ1v) is 6.56. The maximum absolute atomic E-state index is 11.9. The molecule has 7 nitrogen and oxygen atoms in total. The molecular weight excluding hydrogens is 310 g/mol. The predicted molar refractivity (Wildman–Crippen MR) is 83.3 cm³/mol. The molecule has 0 spiro atoms. The second kappa shape index (κ2) is 10.6. The van der Waals surface area contributed by atoms with Crippen molar-refractivity contribution in [3.63, 3.8) is 0 Å². The molecule has 8 heteroatoms. The average molecular weight is 330 g/mol. The lowest BCUT2D eigenvalue weighted by Crippen LogP contribution is -2.42. The number of esters is 1. The number of hydrogen-bond donors (Lipinski definition) is 3. The summed E-state index contributed by atoms with van der Waals surface area (Å²) in [5.41, 5.74) is 5.73. The number of rotatable bonds is 7. The Kier molecular flexibility index (Phi) is 9.56. The molecule has 2 amide bonds. The lowest BCUT2D eigenvalue weighted by Gasteiger charge is -2.17. The number of hydrogen-bond acceptors (Lipinski definition) is 5. The molecule has 1 aromatic carbocycles. The van der Waals surface area contributed by atoms with E-state index >= 15 is 0 Å². The number of ether oxygens (including phenoxy) is 1. The summed E-state index contributed by atoms with van der Waals surface area (Å²) in [6, 6.07) is 7.82. The van der Waals surface area contributed by atoms with Crippen LogP contribution in [-0.4, -0.2) is 37.5 Å². The SMILES string of the molecule is CCOC(=O)[C@H](NC(=O)CNC(=O)CN)c1ccccc1.Cl. The van der Waals surface area contributed by atoms with Gasteiger partial charge in [-0.25, -0.2) is 4.79 Å². The first-order valence-electron chi connectivity index (χ1n) is 6.56. The molecule has 0 aromatic heterocycles. The number of nitrogens with one attached hydrogen (secondary N) is 2. The monoisotopic (exact) mass is 329 g/mol. The van der Waals surface area contributed by atoms with E-state index in [0.29, 0.717) is 5.56 Å². The van der Waals surface area contributed by atoms with Gasteiger partial charge in [0.1, 0.15) is 0 Å².